The maximum Gasteiger partial charge on any atom is 0.329 e. The smallest absolute Gasteiger partial charge is 0.329 e. The molecule has 6 heteroatoms. The molecule has 0 saturated heterocycles. The van der Waals surface area contributed by atoms with Gasteiger partial charge in [0.05, 0.1) is 6.61 Å². The van der Waals surface area contributed by atoms with E-state index in [4.69, 9.17) is 4.74 Å². The molecule has 6 nitrogen and oxygen atoms in total. The Labute approximate surface area is 106 Å². The van der Waals surface area contributed by atoms with Gasteiger partial charge in [0.1, 0.15) is 5.54 Å². The van der Waals surface area contributed by atoms with E-state index in [9.17, 15) is 14.7 Å². The van der Waals surface area contributed by atoms with Gasteiger partial charge in [-0.25, -0.2) is 9.59 Å². The van der Waals surface area contributed by atoms with Crippen LogP contribution in [0.3, 0.4) is 0 Å². The second-order valence-electron chi connectivity index (χ2n) is 5.09. The maximum atomic E-state index is 12.1. The molecule has 2 fully saturated rings. The third kappa shape index (κ3) is 2.58. The van der Waals surface area contributed by atoms with Gasteiger partial charge in [0, 0.05) is 19.7 Å². The summed E-state index contributed by atoms with van der Waals surface area (Å²) < 4.78 is 4.98. The van der Waals surface area contributed by atoms with Crippen LogP contribution < -0.4 is 5.32 Å². The van der Waals surface area contributed by atoms with Crippen LogP contribution in [-0.4, -0.2) is 53.8 Å². The number of hydrogen-bond donors (Lipinski definition) is 2. The predicted octanol–water partition coefficient (Wildman–Crippen LogP) is 0.814. The number of nitrogens with one attached hydrogen (secondary N) is 1. The van der Waals surface area contributed by atoms with Gasteiger partial charge < -0.3 is 20.1 Å². The number of carbonyl (C=O) groups is 2. The van der Waals surface area contributed by atoms with Crippen molar-refractivity contribution < 1.29 is 19.4 Å². The molecular formula is C12H20N2O4. The van der Waals surface area contributed by atoms with Gasteiger partial charge >= 0.3 is 12.0 Å². The Morgan fingerprint density at radius 3 is 2.50 bits per heavy atom. The van der Waals surface area contributed by atoms with Gasteiger partial charge in [-0.1, -0.05) is 0 Å². The van der Waals surface area contributed by atoms with Crippen molar-refractivity contribution in [3.8, 4) is 0 Å². The largest absolute Gasteiger partial charge is 0.480 e. The summed E-state index contributed by atoms with van der Waals surface area (Å²) in [7, 11) is 1.59. The molecule has 2 amide bonds. The second kappa shape index (κ2) is 5.14. The Balaban J connectivity index is 1.94. The van der Waals surface area contributed by atoms with Crippen LogP contribution in [0.5, 0.6) is 0 Å². The first-order chi connectivity index (χ1) is 8.59. The fourth-order valence-electron chi connectivity index (χ4n) is 2.22. The molecule has 0 radical (unpaired) electrons. The summed E-state index contributed by atoms with van der Waals surface area (Å²) in [5.74, 6) is -0.926. The summed E-state index contributed by atoms with van der Waals surface area (Å²) in [4.78, 5) is 25.0. The van der Waals surface area contributed by atoms with Crippen molar-refractivity contribution in [2.75, 3.05) is 20.3 Å². The van der Waals surface area contributed by atoms with Gasteiger partial charge in [-0.3, -0.25) is 0 Å². The Bertz CT molecular complexity index is 337. The molecule has 0 bridgehead atoms. The number of urea groups is 1. The number of methoxy groups -OCH3 is 1. The van der Waals surface area contributed by atoms with Crippen molar-refractivity contribution in [3.05, 3.63) is 0 Å². The molecule has 2 rings (SSSR count). The van der Waals surface area contributed by atoms with Gasteiger partial charge in [-0.15, -0.1) is 0 Å². The zero-order chi connectivity index (χ0) is 13.2. The predicted molar refractivity (Wildman–Crippen MR) is 64.4 cm³/mol. The summed E-state index contributed by atoms with van der Waals surface area (Å²) >= 11 is 0. The number of hydrogen-bond acceptors (Lipinski definition) is 3. The van der Waals surface area contributed by atoms with E-state index in [1.807, 2.05) is 0 Å². The fraction of sp³-hybridized carbons (Fsp3) is 0.833. The highest BCUT2D eigenvalue weighted by atomic mass is 16.5. The molecule has 2 N–H and O–H groups in total. The number of carboxylic acid groups (broad SMARTS) is 1. The minimum Gasteiger partial charge on any atom is -0.480 e. The van der Waals surface area contributed by atoms with Crippen LogP contribution in [0.25, 0.3) is 0 Å². The molecule has 0 aromatic carbocycles. The summed E-state index contributed by atoms with van der Waals surface area (Å²) in [5, 5.41) is 11.9. The third-order valence-electron chi connectivity index (χ3n) is 3.75. The van der Waals surface area contributed by atoms with E-state index >= 15 is 0 Å². The molecule has 2 aliphatic carbocycles. The first kappa shape index (κ1) is 13.1. The number of rotatable bonds is 6. The van der Waals surface area contributed by atoms with Crippen molar-refractivity contribution >= 4 is 12.0 Å². The van der Waals surface area contributed by atoms with Gasteiger partial charge in [0.25, 0.3) is 0 Å². The Kier molecular flexibility index (Phi) is 3.75. The molecule has 0 aromatic rings. The van der Waals surface area contributed by atoms with E-state index in [1.54, 1.807) is 12.0 Å². The third-order valence-corrected chi connectivity index (χ3v) is 3.75. The average Bonchev–Trinajstić information content (AvgIpc) is 3.07. The van der Waals surface area contributed by atoms with Gasteiger partial charge in [0.15, 0.2) is 0 Å². The van der Waals surface area contributed by atoms with Crippen molar-refractivity contribution in [1.82, 2.24) is 10.2 Å². The summed E-state index contributed by atoms with van der Waals surface area (Å²) in [6, 6.07) is -0.0114. The lowest BCUT2D eigenvalue weighted by molar-refractivity contribution is -0.148. The van der Waals surface area contributed by atoms with E-state index in [-0.39, 0.29) is 12.1 Å². The first-order valence-corrected chi connectivity index (χ1v) is 6.40. The van der Waals surface area contributed by atoms with Crippen LogP contribution in [0.15, 0.2) is 0 Å². The Morgan fingerprint density at radius 2 is 2.11 bits per heavy atom. The number of amides is 2. The number of carboxylic acids is 1. The molecule has 102 valence electrons. The molecular weight excluding hydrogens is 236 g/mol. The summed E-state index contributed by atoms with van der Waals surface area (Å²) in [6.07, 6.45) is 3.90. The normalized spacial score (nSPS) is 20.9. The molecule has 0 atom stereocenters. The minimum absolute atomic E-state index is 0.256. The molecule has 0 heterocycles. The first-order valence-electron chi connectivity index (χ1n) is 6.40. The lowest BCUT2D eigenvalue weighted by atomic mass is 9.77. The van der Waals surface area contributed by atoms with Gasteiger partial charge in [0.2, 0.25) is 0 Å². The molecule has 0 spiro atoms. The van der Waals surface area contributed by atoms with Crippen LogP contribution in [0.2, 0.25) is 0 Å². The topological polar surface area (TPSA) is 78.9 Å². The van der Waals surface area contributed by atoms with E-state index < -0.39 is 11.5 Å². The van der Waals surface area contributed by atoms with Crippen LogP contribution in [-0.2, 0) is 9.53 Å². The number of carbonyl (C=O) groups excluding carboxylic acids is 1. The molecule has 0 unspecified atom stereocenters. The van der Waals surface area contributed by atoms with Gasteiger partial charge in [-0.05, 0) is 32.1 Å². The molecule has 2 aliphatic rings. The van der Waals surface area contributed by atoms with E-state index in [1.165, 1.54) is 0 Å². The standard InChI is InChI=1S/C12H20N2O4/c1-18-8-7-14(9-3-4-9)11(17)13-12(10(15)16)5-2-6-12/h9H,2-8H2,1H3,(H,13,17)(H,15,16). The number of nitrogens with zero attached hydrogens (tertiary/aromatic N) is 1. The maximum absolute atomic E-state index is 12.1. The number of ether oxygens (including phenoxy) is 1. The molecule has 0 aromatic heterocycles. The van der Waals surface area contributed by atoms with Crippen LogP contribution in [0.4, 0.5) is 4.79 Å². The molecule has 0 aliphatic heterocycles. The van der Waals surface area contributed by atoms with Crippen molar-refractivity contribution in [3.63, 3.8) is 0 Å². The monoisotopic (exact) mass is 256 g/mol. The minimum atomic E-state index is -1.03. The average molecular weight is 256 g/mol. The fourth-order valence-corrected chi connectivity index (χ4v) is 2.22. The van der Waals surface area contributed by atoms with Crippen LogP contribution in [0.1, 0.15) is 32.1 Å². The van der Waals surface area contributed by atoms with E-state index in [2.05, 4.69) is 5.32 Å². The highest BCUT2D eigenvalue weighted by Gasteiger charge is 2.47. The van der Waals surface area contributed by atoms with Crippen molar-refractivity contribution in [2.24, 2.45) is 0 Å². The molecule has 18 heavy (non-hydrogen) atoms. The lowest BCUT2D eigenvalue weighted by Crippen LogP contribution is -2.62. The van der Waals surface area contributed by atoms with Crippen molar-refractivity contribution in [2.45, 2.75) is 43.7 Å². The zero-order valence-corrected chi connectivity index (χ0v) is 10.6. The van der Waals surface area contributed by atoms with Crippen molar-refractivity contribution in [1.29, 1.82) is 0 Å². The zero-order valence-electron chi connectivity index (χ0n) is 10.6. The lowest BCUT2D eigenvalue weighted by Gasteiger charge is -2.39. The highest BCUT2D eigenvalue weighted by molar-refractivity contribution is 5.87. The van der Waals surface area contributed by atoms with E-state index in [0.29, 0.717) is 26.0 Å². The summed E-state index contributed by atoms with van der Waals surface area (Å²) in [6.45, 7) is 0.993. The Hall–Kier alpha value is -1.30. The number of aliphatic carboxylic acids is 1. The quantitative estimate of drug-likeness (QED) is 0.737. The highest BCUT2D eigenvalue weighted by Crippen LogP contribution is 2.33. The van der Waals surface area contributed by atoms with Gasteiger partial charge in [-0.2, -0.15) is 0 Å². The SMILES string of the molecule is COCCN(C(=O)NC1(C(=O)O)CCC1)C1CC1. The summed E-state index contributed by atoms with van der Waals surface area (Å²) in [5.41, 5.74) is -1.03. The van der Waals surface area contributed by atoms with Crippen LogP contribution >= 0.6 is 0 Å². The van der Waals surface area contributed by atoms with E-state index in [0.717, 1.165) is 19.3 Å². The molecule has 2 saturated carbocycles. The Morgan fingerprint density at radius 1 is 1.44 bits per heavy atom. The second-order valence-corrected chi connectivity index (χ2v) is 5.09. The van der Waals surface area contributed by atoms with Crippen LogP contribution in [0, 0.1) is 0 Å².